The normalized spacial score (nSPS) is 20.2. The predicted molar refractivity (Wildman–Crippen MR) is 71.5 cm³/mol. The quantitative estimate of drug-likeness (QED) is 0.793. The molecule has 1 fully saturated rings. The van der Waals surface area contributed by atoms with Crippen LogP contribution in [0, 0.1) is 0 Å². The summed E-state index contributed by atoms with van der Waals surface area (Å²) in [7, 11) is 0. The molecule has 1 saturated heterocycles. The summed E-state index contributed by atoms with van der Waals surface area (Å²) in [6.07, 6.45) is 1.03. The molecule has 2 heterocycles. The number of hydrogen-bond donors (Lipinski definition) is 0. The minimum atomic E-state index is 0.370. The summed E-state index contributed by atoms with van der Waals surface area (Å²) in [6.45, 7) is 1.58. The molecular formula is C12H12BrClN2O. The number of ether oxygens (including phenoxy) is 1. The highest BCUT2D eigenvalue weighted by Crippen LogP contribution is 2.29. The van der Waals surface area contributed by atoms with Gasteiger partial charge in [-0.2, -0.15) is 0 Å². The Hall–Kier alpha value is -0.580. The Morgan fingerprint density at radius 1 is 1.53 bits per heavy atom. The number of halogens is 2. The first kappa shape index (κ1) is 11.5. The predicted octanol–water partition coefficient (Wildman–Crippen LogP) is 3.50. The van der Waals surface area contributed by atoms with Gasteiger partial charge in [0.15, 0.2) is 0 Å². The molecule has 0 N–H and O–H groups in total. The van der Waals surface area contributed by atoms with Crippen molar-refractivity contribution < 1.29 is 4.74 Å². The van der Waals surface area contributed by atoms with Gasteiger partial charge in [-0.1, -0.05) is 15.9 Å². The van der Waals surface area contributed by atoms with Crippen molar-refractivity contribution in [2.45, 2.75) is 18.3 Å². The van der Waals surface area contributed by atoms with Crippen LogP contribution < -0.4 is 0 Å². The third-order valence-corrected chi connectivity index (χ3v) is 3.85. The first-order chi connectivity index (χ1) is 8.29. The lowest BCUT2D eigenvalue weighted by atomic mass is 10.2. The first-order valence-electron chi connectivity index (χ1n) is 5.59. The molecule has 2 aromatic rings. The minimum absolute atomic E-state index is 0.370. The van der Waals surface area contributed by atoms with E-state index in [0.29, 0.717) is 11.9 Å². The Bertz CT molecular complexity index is 549. The molecule has 1 aliphatic rings. The summed E-state index contributed by atoms with van der Waals surface area (Å²) >= 11 is 9.45. The lowest BCUT2D eigenvalue weighted by molar-refractivity contribution is 0.187. The van der Waals surface area contributed by atoms with Crippen LogP contribution in [0.3, 0.4) is 0 Å². The number of imidazole rings is 1. The van der Waals surface area contributed by atoms with Gasteiger partial charge >= 0.3 is 0 Å². The number of fused-ring (bicyclic) bond motifs is 1. The molecular weight excluding hydrogens is 304 g/mol. The van der Waals surface area contributed by atoms with E-state index < -0.39 is 0 Å². The molecule has 1 aromatic carbocycles. The van der Waals surface area contributed by atoms with E-state index in [1.807, 2.05) is 12.1 Å². The molecule has 0 aliphatic carbocycles. The van der Waals surface area contributed by atoms with E-state index in [9.17, 15) is 0 Å². The highest BCUT2D eigenvalue weighted by molar-refractivity contribution is 9.10. The largest absolute Gasteiger partial charge is 0.379 e. The second kappa shape index (κ2) is 4.59. The van der Waals surface area contributed by atoms with Gasteiger partial charge in [-0.3, -0.25) is 0 Å². The van der Waals surface area contributed by atoms with Crippen molar-refractivity contribution in [3.8, 4) is 0 Å². The SMILES string of the molecule is ClCc1nc2cc(Br)ccc2n1C1CCOC1. The van der Waals surface area contributed by atoms with Crippen LogP contribution in [-0.4, -0.2) is 22.8 Å². The Morgan fingerprint density at radius 3 is 3.12 bits per heavy atom. The van der Waals surface area contributed by atoms with Gasteiger partial charge in [0, 0.05) is 11.1 Å². The molecule has 1 aromatic heterocycles. The van der Waals surface area contributed by atoms with E-state index in [0.717, 1.165) is 41.0 Å². The topological polar surface area (TPSA) is 27.1 Å². The van der Waals surface area contributed by atoms with Crippen LogP contribution in [-0.2, 0) is 10.6 Å². The number of aromatic nitrogens is 2. The number of benzene rings is 1. The molecule has 3 nitrogen and oxygen atoms in total. The van der Waals surface area contributed by atoms with Crippen LogP contribution in [0.4, 0.5) is 0 Å². The van der Waals surface area contributed by atoms with Crippen LogP contribution >= 0.6 is 27.5 Å². The maximum atomic E-state index is 5.99. The lowest BCUT2D eigenvalue weighted by Crippen LogP contribution is -2.11. The zero-order valence-corrected chi connectivity index (χ0v) is 11.5. The van der Waals surface area contributed by atoms with Gasteiger partial charge in [-0.15, -0.1) is 11.6 Å². The second-order valence-corrected chi connectivity index (χ2v) is 5.37. The fraction of sp³-hybridized carbons (Fsp3) is 0.417. The molecule has 0 radical (unpaired) electrons. The number of hydrogen-bond acceptors (Lipinski definition) is 2. The molecule has 17 heavy (non-hydrogen) atoms. The maximum Gasteiger partial charge on any atom is 0.125 e. The van der Waals surface area contributed by atoms with Crippen molar-refractivity contribution in [3.63, 3.8) is 0 Å². The summed E-state index contributed by atoms with van der Waals surface area (Å²) in [5.74, 6) is 1.36. The average molecular weight is 316 g/mol. The van der Waals surface area contributed by atoms with E-state index in [4.69, 9.17) is 16.3 Å². The van der Waals surface area contributed by atoms with Crippen molar-refractivity contribution in [3.05, 3.63) is 28.5 Å². The molecule has 0 amide bonds. The molecule has 0 bridgehead atoms. The Labute approximate surface area is 113 Å². The summed E-state index contributed by atoms with van der Waals surface area (Å²) in [5.41, 5.74) is 2.13. The van der Waals surface area contributed by atoms with Crippen LogP contribution in [0.25, 0.3) is 11.0 Å². The van der Waals surface area contributed by atoms with E-state index in [1.54, 1.807) is 0 Å². The van der Waals surface area contributed by atoms with Crippen LogP contribution in [0.15, 0.2) is 22.7 Å². The number of alkyl halides is 1. The maximum absolute atomic E-state index is 5.99. The molecule has 1 aliphatic heterocycles. The van der Waals surface area contributed by atoms with Gasteiger partial charge in [0.25, 0.3) is 0 Å². The number of rotatable bonds is 2. The minimum Gasteiger partial charge on any atom is -0.379 e. The van der Waals surface area contributed by atoms with Gasteiger partial charge in [0.2, 0.25) is 0 Å². The zero-order chi connectivity index (χ0) is 11.8. The van der Waals surface area contributed by atoms with Gasteiger partial charge in [0.1, 0.15) is 5.82 Å². The highest BCUT2D eigenvalue weighted by Gasteiger charge is 2.22. The van der Waals surface area contributed by atoms with Crippen molar-refractivity contribution in [2.75, 3.05) is 13.2 Å². The zero-order valence-electron chi connectivity index (χ0n) is 9.20. The van der Waals surface area contributed by atoms with E-state index in [1.165, 1.54) is 0 Å². The van der Waals surface area contributed by atoms with E-state index in [2.05, 4.69) is 31.5 Å². The van der Waals surface area contributed by atoms with Crippen molar-refractivity contribution in [1.82, 2.24) is 9.55 Å². The second-order valence-electron chi connectivity index (χ2n) is 4.18. The average Bonchev–Trinajstić information content (AvgIpc) is 2.93. The molecule has 1 atom stereocenters. The molecule has 0 saturated carbocycles. The van der Waals surface area contributed by atoms with Crippen molar-refractivity contribution in [1.29, 1.82) is 0 Å². The Morgan fingerprint density at radius 2 is 2.41 bits per heavy atom. The lowest BCUT2D eigenvalue weighted by Gasteiger charge is -2.13. The summed E-state index contributed by atoms with van der Waals surface area (Å²) in [4.78, 5) is 4.58. The molecule has 3 rings (SSSR count). The number of nitrogens with zero attached hydrogens (tertiary/aromatic N) is 2. The van der Waals surface area contributed by atoms with Crippen LogP contribution in [0.1, 0.15) is 18.3 Å². The van der Waals surface area contributed by atoms with Crippen LogP contribution in [0.2, 0.25) is 0 Å². The smallest absolute Gasteiger partial charge is 0.125 e. The summed E-state index contributed by atoms with van der Waals surface area (Å²) in [6, 6.07) is 6.52. The van der Waals surface area contributed by atoms with Gasteiger partial charge in [-0.05, 0) is 24.6 Å². The third-order valence-electron chi connectivity index (χ3n) is 3.11. The highest BCUT2D eigenvalue weighted by atomic mass is 79.9. The van der Waals surface area contributed by atoms with Crippen molar-refractivity contribution in [2.24, 2.45) is 0 Å². The first-order valence-corrected chi connectivity index (χ1v) is 6.92. The Kier molecular flexibility index (Phi) is 3.11. The molecule has 0 spiro atoms. The van der Waals surface area contributed by atoms with E-state index in [-0.39, 0.29) is 0 Å². The fourth-order valence-corrected chi connectivity index (χ4v) is 2.89. The van der Waals surface area contributed by atoms with Crippen LogP contribution in [0.5, 0.6) is 0 Å². The monoisotopic (exact) mass is 314 g/mol. The standard InChI is InChI=1S/C12H12BrClN2O/c13-8-1-2-11-10(5-8)15-12(6-14)16(11)9-3-4-17-7-9/h1-2,5,9H,3-4,6-7H2. The molecule has 90 valence electrons. The van der Waals surface area contributed by atoms with Gasteiger partial charge in [0.05, 0.1) is 29.6 Å². The van der Waals surface area contributed by atoms with Gasteiger partial charge < -0.3 is 9.30 Å². The third kappa shape index (κ3) is 1.98. The summed E-state index contributed by atoms with van der Waals surface area (Å²) in [5, 5.41) is 0. The van der Waals surface area contributed by atoms with Gasteiger partial charge in [-0.25, -0.2) is 4.98 Å². The fourth-order valence-electron chi connectivity index (χ4n) is 2.35. The van der Waals surface area contributed by atoms with Crippen molar-refractivity contribution >= 4 is 38.6 Å². The van der Waals surface area contributed by atoms with E-state index >= 15 is 0 Å². The Balaban J connectivity index is 2.19. The molecule has 1 unspecified atom stereocenters. The molecule has 5 heteroatoms. The summed E-state index contributed by atoms with van der Waals surface area (Å²) < 4.78 is 8.72.